The molecule has 0 saturated heterocycles. The first-order chi connectivity index (χ1) is 8.13. The van der Waals surface area contributed by atoms with Gasteiger partial charge in [-0.1, -0.05) is 13.8 Å². The summed E-state index contributed by atoms with van der Waals surface area (Å²) in [7, 11) is 0. The fourth-order valence-corrected chi connectivity index (χ4v) is 2.00. The number of carbonyl (C=O) groups excluding carboxylic acids is 1. The monoisotopic (exact) mass is 255 g/mol. The van der Waals surface area contributed by atoms with Crippen LogP contribution in [-0.2, 0) is 4.79 Å². The summed E-state index contributed by atoms with van der Waals surface area (Å²) in [4.78, 5) is 15.8. The quantitative estimate of drug-likeness (QED) is 0.780. The number of carbonyl (C=O) groups is 1. The molecule has 0 saturated carbocycles. The Bertz CT molecular complexity index is 327. The van der Waals surface area contributed by atoms with Crippen LogP contribution >= 0.6 is 11.3 Å². The molecular formula is C12H21N3OS. The molecule has 17 heavy (non-hydrogen) atoms. The van der Waals surface area contributed by atoms with E-state index in [4.69, 9.17) is 0 Å². The van der Waals surface area contributed by atoms with E-state index in [0.29, 0.717) is 19.1 Å². The Morgan fingerprint density at radius 3 is 2.88 bits per heavy atom. The predicted molar refractivity (Wildman–Crippen MR) is 71.3 cm³/mol. The van der Waals surface area contributed by atoms with Crippen LogP contribution in [0.5, 0.6) is 0 Å². The van der Waals surface area contributed by atoms with E-state index in [0.717, 1.165) is 11.4 Å². The van der Waals surface area contributed by atoms with E-state index in [2.05, 4.69) is 36.4 Å². The molecular weight excluding hydrogens is 234 g/mol. The number of nitrogens with one attached hydrogen (secondary N) is 2. The van der Waals surface area contributed by atoms with Crippen LogP contribution in [-0.4, -0.2) is 30.0 Å². The number of thiazole rings is 1. The van der Waals surface area contributed by atoms with E-state index in [-0.39, 0.29) is 11.8 Å². The zero-order valence-electron chi connectivity index (χ0n) is 10.7. The highest BCUT2D eigenvalue weighted by molar-refractivity contribution is 7.09. The fourth-order valence-electron chi connectivity index (χ4n) is 1.31. The number of hydrogen-bond acceptors (Lipinski definition) is 4. The molecule has 1 rings (SSSR count). The van der Waals surface area contributed by atoms with Gasteiger partial charge in [-0.05, 0) is 13.3 Å². The molecule has 5 heteroatoms. The number of hydrogen-bond donors (Lipinski definition) is 2. The topological polar surface area (TPSA) is 54.0 Å². The summed E-state index contributed by atoms with van der Waals surface area (Å²) in [5.41, 5.74) is 0. The second-order valence-electron chi connectivity index (χ2n) is 4.27. The van der Waals surface area contributed by atoms with Crippen molar-refractivity contribution in [3.05, 3.63) is 16.6 Å². The third kappa shape index (κ3) is 5.28. The van der Waals surface area contributed by atoms with Crippen LogP contribution in [0.25, 0.3) is 0 Å². The molecule has 1 aromatic heterocycles. The van der Waals surface area contributed by atoms with Gasteiger partial charge in [0.25, 0.3) is 0 Å². The summed E-state index contributed by atoms with van der Waals surface area (Å²) >= 11 is 1.63. The highest BCUT2D eigenvalue weighted by atomic mass is 32.1. The summed E-state index contributed by atoms with van der Waals surface area (Å²) < 4.78 is 0. The van der Waals surface area contributed by atoms with Crippen LogP contribution in [0.3, 0.4) is 0 Å². The van der Waals surface area contributed by atoms with Crippen LogP contribution in [0.15, 0.2) is 11.6 Å². The Balaban J connectivity index is 2.19. The lowest BCUT2D eigenvalue weighted by Crippen LogP contribution is -2.38. The molecule has 4 nitrogen and oxygen atoms in total. The van der Waals surface area contributed by atoms with Gasteiger partial charge >= 0.3 is 0 Å². The van der Waals surface area contributed by atoms with E-state index < -0.39 is 0 Å². The van der Waals surface area contributed by atoms with Gasteiger partial charge in [0.05, 0.1) is 11.6 Å². The number of amides is 1. The molecule has 0 spiro atoms. The third-order valence-electron chi connectivity index (χ3n) is 2.70. The number of aromatic nitrogens is 1. The van der Waals surface area contributed by atoms with Crippen LogP contribution in [0.4, 0.5) is 0 Å². The minimum Gasteiger partial charge on any atom is -0.354 e. The first kappa shape index (κ1) is 14.1. The molecule has 1 aromatic rings. The SMILES string of the molecule is CCC(C)NCC(=O)NCC(C)c1nccs1. The molecule has 1 amide bonds. The molecule has 0 aromatic carbocycles. The van der Waals surface area contributed by atoms with E-state index in [9.17, 15) is 4.79 Å². The normalized spacial score (nSPS) is 14.3. The lowest BCUT2D eigenvalue weighted by atomic mass is 10.2. The molecule has 0 aliphatic rings. The van der Waals surface area contributed by atoms with Crippen LogP contribution in [0, 0.1) is 0 Å². The largest absolute Gasteiger partial charge is 0.354 e. The fraction of sp³-hybridized carbons (Fsp3) is 0.667. The van der Waals surface area contributed by atoms with Crippen molar-refractivity contribution < 1.29 is 4.79 Å². The third-order valence-corrected chi connectivity index (χ3v) is 3.71. The lowest BCUT2D eigenvalue weighted by molar-refractivity contribution is -0.120. The second-order valence-corrected chi connectivity index (χ2v) is 5.19. The van der Waals surface area contributed by atoms with Crippen LogP contribution < -0.4 is 10.6 Å². The van der Waals surface area contributed by atoms with Gasteiger partial charge in [-0.3, -0.25) is 4.79 Å². The van der Waals surface area contributed by atoms with E-state index >= 15 is 0 Å². The summed E-state index contributed by atoms with van der Waals surface area (Å²) in [5, 5.41) is 9.11. The highest BCUT2D eigenvalue weighted by Crippen LogP contribution is 2.16. The van der Waals surface area contributed by atoms with E-state index in [1.54, 1.807) is 17.5 Å². The van der Waals surface area contributed by atoms with Gasteiger partial charge in [0.2, 0.25) is 5.91 Å². The number of nitrogens with zero attached hydrogens (tertiary/aromatic N) is 1. The molecule has 96 valence electrons. The minimum atomic E-state index is 0.0497. The maximum Gasteiger partial charge on any atom is 0.233 e. The van der Waals surface area contributed by atoms with Crippen LogP contribution in [0.2, 0.25) is 0 Å². The molecule has 1 heterocycles. The van der Waals surface area contributed by atoms with Gasteiger partial charge in [0.1, 0.15) is 0 Å². The van der Waals surface area contributed by atoms with Gasteiger partial charge in [-0.2, -0.15) is 0 Å². The smallest absolute Gasteiger partial charge is 0.233 e. The first-order valence-corrected chi connectivity index (χ1v) is 6.91. The zero-order valence-corrected chi connectivity index (χ0v) is 11.5. The van der Waals surface area contributed by atoms with Crippen molar-refractivity contribution in [2.75, 3.05) is 13.1 Å². The Kier molecular flexibility index (Phi) is 6.15. The van der Waals surface area contributed by atoms with Crippen molar-refractivity contribution in [2.45, 2.75) is 39.2 Å². The van der Waals surface area contributed by atoms with Gasteiger partial charge in [0.15, 0.2) is 0 Å². The molecule has 0 aliphatic heterocycles. The zero-order chi connectivity index (χ0) is 12.7. The molecule has 0 aliphatic carbocycles. The second kappa shape index (κ2) is 7.40. The summed E-state index contributed by atoms with van der Waals surface area (Å²) in [6, 6.07) is 0.386. The van der Waals surface area contributed by atoms with Crippen LogP contribution in [0.1, 0.15) is 38.1 Å². The van der Waals surface area contributed by atoms with Crippen molar-refractivity contribution in [1.29, 1.82) is 0 Å². The maximum atomic E-state index is 11.5. The van der Waals surface area contributed by atoms with Crippen molar-refractivity contribution in [1.82, 2.24) is 15.6 Å². The standard InChI is InChI=1S/C12H21N3OS/c1-4-10(3)14-8-11(16)15-7-9(2)12-13-5-6-17-12/h5-6,9-10,14H,4,7-8H2,1-3H3,(H,15,16). The average Bonchev–Trinajstić information content (AvgIpc) is 2.86. The van der Waals surface area contributed by atoms with Crippen molar-refractivity contribution in [3.8, 4) is 0 Å². The maximum absolute atomic E-state index is 11.5. The van der Waals surface area contributed by atoms with Gasteiger partial charge in [-0.15, -0.1) is 11.3 Å². The Morgan fingerprint density at radius 2 is 2.29 bits per heavy atom. The summed E-state index contributed by atoms with van der Waals surface area (Å²) in [6.07, 6.45) is 2.83. The predicted octanol–water partition coefficient (Wildman–Crippen LogP) is 1.75. The Morgan fingerprint density at radius 1 is 1.53 bits per heavy atom. The molecule has 2 N–H and O–H groups in total. The Labute approximate surface area is 107 Å². The van der Waals surface area contributed by atoms with Crippen molar-refractivity contribution in [2.24, 2.45) is 0 Å². The molecule has 0 fully saturated rings. The van der Waals surface area contributed by atoms with Gasteiger partial charge in [-0.25, -0.2) is 4.98 Å². The molecule has 0 bridgehead atoms. The first-order valence-electron chi connectivity index (χ1n) is 6.03. The van der Waals surface area contributed by atoms with E-state index in [1.807, 2.05) is 5.38 Å². The number of rotatable bonds is 7. The Hall–Kier alpha value is -0.940. The molecule has 2 unspecified atom stereocenters. The van der Waals surface area contributed by atoms with Crippen molar-refractivity contribution in [3.63, 3.8) is 0 Å². The van der Waals surface area contributed by atoms with Gasteiger partial charge < -0.3 is 10.6 Å². The molecule has 0 radical (unpaired) electrons. The summed E-state index contributed by atoms with van der Waals surface area (Å²) in [5.74, 6) is 0.330. The highest BCUT2D eigenvalue weighted by Gasteiger charge is 2.10. The van der Waals surface area contributed by atoms with E-state index in [1.165, 1.54) is 0 Å². The molecule has 2 atom stereocenters. The average molecular weight is 255 g/mol. The minimum absolute atomic E-state index is 0.0497. The lowest BCUT2D eigenvalue weighted by Gasteiger charge is -2.13. The van der Waals surface area contributed by atoms with Crippen molar-refractivity contribution >= 4 is 17.2 Å². The summed E-state index contributed by atoms with van der Waals surface area (Å²) in [6.45, 7) is 7.28. The van der Waals surface area contributed by atoms with Gasteiger partial charge in [0, 0.05) is 30.1 Å².